The molecule has 7 heteroatoms. The molecule has 1 heterocycles. The Morgan fingerprint density at radius 3 is 2.23 bits per heavy atom. The summed E-state index contributed by atoms with van der Waals surface area (Å²) in [5.41, 5.74) is 3.73. The molecular weight excluding hydrogens is 456 g/mol. The van der Waals surface area contributed by atoms with Gasteiger partial charge >= 0.3 is 0 Å². The smallest absolute Gasteiger partial charge is 0.234 e. The first kappa shape index (κ1) is 25.2. The third-order valence-electron chi connectivity index (χ3n) is 6.52. The van der Waals surface area contributed by atoms with Gasteiger partial charge in [0.05, 0.1) is 5.75 Å². The van der Waals surface area contributed by atoms with Crippen LogP contribution in [0.4, 0.5) is 5.69 Å². The summed E-state index contributed by atoms with van der Waals surface area (Å²) >= 11 is 1.42. The number of anilines is 1. The Morgan fingerprint density at radius 2 is 1.63 bits per heavy atom. The van der Waals surface area contributed by atoms with Gasteiger partial charge in [0.15, 0.2) is 16.8 Å². The zero-order chi connectivity index (χ0) is 25.0. The fourth-order valence-electron chi connectivity index (χ4n) is 4.48. The van der Waals surface area contributed by atoms with Gasteiger partial charge in [0, 0.05) is 22.9 Å². The minimum Gasteiger partial charge on any atom is -0.325 e. The van der Waals surface area contributed by atoms with Crippen LogP contribution in [0.3, 0.4) is 0 Å². The summed E-state index contributed by atoms with van der Waals surface area (Å²) in [6.45, 7) is 8.16. The number of thioether (sulfide) groups is 1. The van der Waals surface area contributed by atoms with Crippen LogP contribution in [0.25, 0.3) is 11.4 Å². The van der Waals surface area contributed by atoms with Crippen molar-refractivity contribution in [1.82, 2.24) is 14.8 Å². The number of rotatable bonds is 7. The van der Waals surface area contributed by atoms with Gasteiger partial charge in [-0.05, 0) is 55.0 Å². The molecule has 0 radical (unpaired) electrons. The molecule has 1 amide bonds. The van der Waals surface area contributed by atoms with Gasteiger partial charge in [0.25, 0.3) is 0 Å². The van der Waals surface area contributed by atoms with Crippen molar-refractivity contribution in [2.24, 2.45) is 0 Å². The number of amides is 1. The van der Waals surface area contributed by atoms with Crippen molar-refractivity contribution in [3.63, 3.8) is 0 Å². The summed E-state index contributed by atoms with van der Waals surface area (Å²) in [6, 6.07) is 15.9. The maximum atomic E-state index is 12.6. The number of hydrogen-bond acceptors (Lipinski definition) is 5. The van der Waals surface area contributed by atoms with Crippen molar-refractivity contribution in [3.05, 3.63) is 59.7 Å². The molecule has 35 heavy (non-hydrogen) atoms. The molecular formula is C28H34N4O2S. The van der Waals surface area contributed by atoms with E-state index in [1.807, 2.05) is 0 Å². The summed E-state index contributed by atoms with van der Waals surface area (Å²) < 4.78 is 2.25. The molecule has 0 atom stereocenters. The van der Waals surface area contributed by atoms with E-state index >= 15 is 0 Å². The lowest BCUT2D eigenvalue weighted by molar-refractivity contribution is -0.113. The van der Waals surface area contributed by atoms with Gasteiger partial charge in [-0.15, -0.1) is 10.2 Å². The molecule has 0 aliphatic heterocycles. The third-order valence-corrected chi connectivity index (χ3v) is 7.46. The summed E-state index contributed by atoms with van der Waals surface area (Å²) in [5, 5.41) is 12.8. The molecule has 0 spiro atoms. The molecule has 6 nitrogen and oxygen atoms in total. The lowest BCUT2D eigenvalue weighted by atomic mass is 9.86. The Balaban J connectivity index is 1.51. The van der Waals surface area contributed by atoms with E-state index < -0.39 is 0 Å². The Kier molecular flexibility index (Phi) is 7.75. The second-order valence-electron chi connectivity index (χ2n) is 10.3. The van der Waals surface area contributed by atoms with Gasteiger partial charge < -0.3 is 5.32 Å². The van der Waals surface area contributed by atoms with Crippen LogP contribution >= 0.6 is 11.8 Å². The Labute approximate surface area is 211 Å². The number of carbonyl (C=O) groups excluding carboxylic acids is 2. The molecule has 2 aromatic carbocycles. The van der Waals surface area contributed by atoms with Crippen LogP contribution in [0, 0.1) is 0 Å². The lowest BCUT2D eigenvalue weighted by Gasteiger charge is -2.26. The topological polar surface area (TPSA) is 76.9 Å². The zero-order valence-corrected chi connectivity index (χ0v) is 21.8. The molecule has 4 rings (SSSR count). The number of ketones is 1. The molecule has 1 fully saturated rings. The van der Waals surface area contributed by atoms with Gasteiger partial charge in [-0.2, -0.15) is 0 Å². The first-order valence-corrected chi connectivity index (χ1v) is 13.3. The first-order chi connectivity index (χ1) is 16.7. The normalized spacial score (nSPS) is 14.6. The predicted octanol–water partition coefficient (Wildman–Crippen LogP) is 6.68. The van der Waals surface area contributed by atoms with Crippen LogP contribution in [0.1, 0.15) is 81.8 Å². The fraction of sp³-hybridized carbons (Fsp3) is 0.429. The van der Waals surface area contributed by atoms with Crippen molar-refractivity contribution < 1.29 is 9.59 Å². The predicted molar refractivity (Wildman–Crippen MR) is 142 cm³/mol. The van der Waals surface area contributed by atoms with Crippen molar-refractivity contribution in [3.8, 4) is 11.4 Å². The van der Waals surface area contributed by atoms with Crippen LogP contribution < -0.4 is 5.32 Å². The number of nitrogens with zero attached hydrogens (tertiary/aromatic N) is 3. The Bertz CT molecular complexity index is 1170. The Hall–Kier alpha value is -2.93. The molecule has 1 N–H and O–H groups in total. The summed E-state index contributed by atoms with van der Waals surface area (Å²) in [5.74, 6) is 1.01. The second-order valence-corrected chi connectivity index (χ2v) is 11.2. The Morgan fingerprint density at radius 1 is 0.971 bits per heavy atom. The average molecular weight is 491 g/mol. The molecule has 0 saturated heterocycles. The molecule has 1 aliphatic carbocycles. The highest BCUT2D eigenvalue weighted by Crippen LogP contribution is 2.36. The van der Waals surface area contributed by atoms with Gasteiger partial charge in [0.2, 0.25) is 5.91 Å². The van der Waals surface area contributed by atoms with Gasteiger partial charge in [-0.3, -0.25) is 14.2 Å². The number of hydrogen-bond donors (Lipinski definition) is 1. The van der Waals surface area contributed by atoms with Crippen LogP contribution in [-0.4, -0.2) is 32.2 Å². The quantitative estimate of drug-likeness (QED) is 0.295. The van der Waals surface area contributed by atoms with E-state index in [0.717, 1.165) is 29.4 Å². The highest BCUT2D eigenvalue weighted by Gasteiger charge is 2.25. The molecule has 1 saturated carbocycles. The largest absolute Gasteiger partial charge is 0.325 e. The first-order valence-electron chi connectivity index (χ1n) is 12.3. The monoisotopic (exact) mass is 490 g/mol. The molecule has 0 unspecified atom stereocenters. The number of Topliss-reactive ketones (excluding diaryl/α,β-unsaturated/α-hetero) is 1. The van der Waals surface area contributed by atoms with E-state index in [2.05, 4.69) is 65.1 Å². The summed E-state index contributed by atoms with van der Waals surface area (Å²) in [7, 11) is 0. The van der Waals surface area contributed by atoms with Gasteiger partial charge in [-0.25, -0.2) is 0 Å². The molecule has 0 bridgehead atoms. The van der Waals surface area contributed by atoms with Crippen LogP contribution in [-0.2, 0) is 10.2 Å². The van der Waals surface area contributed by atoms with Crippen molar-refractivity contribution in [2.45, 2.75) is 76.4 Å². The van der Waals surface area contributed by atoms with E-state index in [4.69, 9.17) is 0 Å². The summed E-state index contributed by atoms with van der Waals surface area (Å²) in [6.07, 6.45) is 5.88. The van der Waals surface area contributed by atoms with Crippen LogP contribution in [0.2, 0.25) is 0 Å². The van der Waals surface area contributed by atoms with E-state index in [-0.39, 0.29) is 22.9 Å². The standard InChI is InChI=1S/C28H34N4O2S/c1-19(33)20-12-16-23(17-13-20)29-25(34)18-35-27-31-30-26(32(27)24-8-6-5-7-9-24)21-10-14-22(15-11-21)28(2,3)4/h10-17,24H,5-9,18H2,1-4H3,(H,29,34). The highest BCUT2D eigenvalue weighted by molar-refractivity contribution is 7.99. The van der Waals surface area contributed by atoms with Crippen LogP contribution in [0.5, 0.6) is 0 Å². The van der Waals surface area contributed by atoms with E-state index in [1.165, 1.54) is 43.5 Å². The minimum atomic E-state index is -0.111. The SMILES string of the molecule is CC(=O)c1ccc(NC(=O)CSc2nnc(-c3ccc(C(C)(C)C)cc3)n2C2CCCCC2)cc1. The number of benzene rings is 2. The summed E-state index contributed by atoms with van der Waals surface area (Å²) in [4.78, 5) is 24.1. The van der Waals surface area contributed by atoms with Gasteiger partial charge in [0.1, 0.15) is 0 Å². The lowest BCUT2D eigenvalue weighted by Crippen LogP contribution is -2.17. The molecule has 3 aromatic rings. The molecule has 1 aromatic heterocycles. The minimum absolute atomic E-state index is 0.00401. The van der Waals surface area contributed by atoms with E-state index in [1.54, 1.807) is 24.3 Å². The number of nitrogens with one attached hydrogen (secondary N) is 1. The van der Waals surface area contributed by atoms with Crippen molar-refractivity contribution >= 4 is 29.1 Å². The third kappa shape index (κ3) is 6.20. The highest BCUT2D eigenvalue weighted by atomic mass is 32.2. The maximum Gasteiger partial charge on any atom is 0.234 e. The fourth-order valence-corrected chi connectivity index (χ4v) is 5.28. The van der Waals surface area contributed by atoms with Crippen LogP contribution in [0.15, 0.2) is 53.7 Å². The van der Waals surface area contributed by atoms with E-state index in [0.29, 0.717) is 17.3 Å². The van der Waals surface area contributed by atoms with Gasteiger partial charge in [-0.1, -0.05) is 76.1 Å². The number of carbonyl (C=O) groups is 2. The van der Waals surface area contributed by atoms with Crippen molar-refractivity contribution in [2.75, 3.05) is 11.1 Å². The second kappa shape index (κ2) is 10.8. The zero-order valence-electron chi connectivity index (χ0n) is 21.0. The van der Waals surface area contributed by atoms with E-state index in [9.17, 15) is 9.59 Å². The van der Waals surface area contributed by atoms with Crippen molar-refractivity contribution in [1.29, 1.82) is 0 Å². The molecule has 184 valence electrons. The molecule has 1 aliphatic rings. The maximum absolute atomic E-state index is 12.6. The number of aromatic nitrogens is 3. The average Bonchev–Trinajstić information content (AvgIpc) is 3.27.